The van der Waals surface area contributed by atoms with Gasteiger partial charge in [0.25, 0.3) is 0 Å². The van der Waals surface area contributed by atoms with Crippen molar-refractivity contribution in [2.24, 2.45) is 0 Å². The summed E-state index contributed by atoms with van der Waals surface area (Å²) in [6, 6.07) is 7.06. The third-order valence-corrected chi connectivity index (χ3v) is 6.16. The van der Waals surface area contributed by atoms with E-state index in [-0.39, 0.29) is 11.4 Å². The number of pyridine rings is 1. The second-order valence-corrected chi connectivity index (χ2v) is 8.11. The standard InChI is InChI=1S/C14H14Br2N2O2S/c1-9-5-13(16)14(6-12(9)15)21(19,20)18-8-11-4-3-10(2)17-7-11/h3-7,18H,8H2,1-2H3. The fraction of sp³-hybridized carbons (Fsp3) is 0.214. The highest BCUT2D eigenvalue weighted by Crippen LogP contribution is 2.28. The summed E-state index contributed by atoms with van der Waals surface area (Å²) < 4.78 is 28.6. The first-order valence-electron chi connectivity index (χ1n) is 6.16. The molecule has 2 aromatic rings. The van der Waals surface area contributed by atoms with E-state index in [1.54, 1.807) is 18.3 Å². The van der Waals surface area contributed by atoms with Gasteiger partial charge in [0.05, 0.1) is 4.90 Å². The number of nitrogens with zero attached hydrogens (tertiary/aromatic N) is 1. The second-order valence-electron chi connectivity index (χ2n) is 4.66. The first kappa shape index (κ1) is 16.6. The molecule has 0 unspecified atom stereocenters. The molecule has 7 heteroatoms. The van der Waals surface area contributed by atoms with E-state index in [1.165, 1.54) is 0 Å². The fourth-order valence-electron chi connectivity index (χ4n) is 1.69. The molecule has 0 bridgehead atoms. The average molecular weight is 434 g/mol. The van der Waals surface area contributed by atoms with Gasteiger partial charge in [-0.1, -0.05) is 22.0 Å². The number of halogens is 2. The quantitative estimate of drug-likeness (QED) is 0.799. The maximum Gasteiger partial charge on any atom is 0.242 e. The summed E-state index contributed by atoms with van der Waals surface area (Å²) in [5.41, 5.74) is 2.67. The maximum absolute atomic E-state index is 12.4. The smallest absolute Gasteiger partial charge is 0.242 e. The first-order valence-corrected chi connectivity index (χ1v) is 9.23. The minimum atomic E-state index is -3.59. The van der Waals surface area contributed by atoms with Gasteiger partial charge in [-0.3, -0.25) is 4.98 Å². The number of sulfonamides is 1. The zero-order valence-electron chi connectivity index (χ0n) is 11.5. The molecule has 1 heterocycles. The van der Waals surface area contributed by atoms with Gasteiger partial charge in [-0.2, -0.15) is 0 Å². The predicted octanol–water partition coefficient (Wildman–Crippen LogP) is 3.70. The summed E-state index contributed by atoms with van der Waals surface area (Å²) in [5.74, 6) is 0. The molecule has 0 spiro atoms. The van der Waals surface area contributed by atoms with Crippen LogP contribution in [0.25, 0.3) is 0 Å². The topological polar surface area (TPSA) is 59.1 Å². The van der Waals surface area contributed by atoms with Crippen molar-refractivity contribution in [2.45, 2.75) is 25.3 Å². The van der Waals surface area contributed by atoms with E-state index < -0.39 is 10.0 Å². The molecular formula is C14H14Br2N2O2S. The average Bonchev–Trinajstić information content (AvgIpc) is 2.42. The lowest BCUT2D eigenvalue weighted by Crippen LogP contribution is -2.23. The molecular weight excluding hydrogens is 420 g/mol. The molecule has 2 rings (SSSR count). The molecule has 0 saturated heterocycles. The maximum atomic E-state index is 12.4. The number of aryl methyl sites for hydroxylation is 2. The minimum Gasteiger partial charge on any atom is -0.261 e. The van der Waals surface area contributed by atoms with Crippen molar-refractivity contribution in [2.75, 3.05) is 0 Å². The molecule has 21 heavy (non-hydrogen) atoms. The number of aromatic nitrogens is 1. The summed E-state index contributed by atoms with van der Waals surface area (Å²) in [7, 11) is -3.59. The summed E-state index contributed by atoms with van der Waals surface area (Å²) >= 11 is 6.65. The van der Waals surface area contributed by atoms with E-state index in [2.05, 4.69) is 41.6 Å². The van der Waals surface area contributed by atoms with E-state index >= 15 is 0 Å². The van der Waals surface area contributed by atoms with Gasteiger partial charge in [0, 0.05) is 27.4 Å². The van der Waals surface area contributed by atoms with Crippen molar-refractivity contribution >= 4 is 41.9 Å². The Morgan fingerprint density at radius 3 is 2.48 bits per heavy atom. The molecule has 1 N–H and O–H groups in total. The van der Waals surface area contributed by atoms with E-state index in [0.717, 1.165) is 21.3 Å². The monoisotopic (exact) mass is 432 g/mol. The Morgan fingerprint density at radius 2 is 1.86 bits per heavy atom. The highest BCUT2D eigenvalue weighted by molar-refractivity contribution is 9.11. The van der Waals surface area contributed by atoms with Crippen LogP contribution in [0.2, 0.25) is 0 Å². The van der Waals surface area contributed by atoms with Gasteiger partial charge >= 0.3 is 0 Å². The Kier molecular flexibility index (Phi) is 5.19. The van der Waals surface area contributed by atoms with Crippen LogP contribution in [0.1, 0.15) is 16.8 Å². The van der Waals surface area contributed by atoms with Gasteiger partial charge in [0.2, 0.25) is 10.0 Å². The van der Waals surface area contributed by atoms with Gasteiger partial charge in [-0.25, -0.2) is 13.1 Å². The Labute approximate surface area is 141 Å². The molecule has 0 aliphatic carbocycles. The number of nitrogens with one attached hydrogen (secondary N) is 1. The molecule has 4 nitrogen and oxygen atoms in total. The molecule has 0 aliphatic rings. The summed E-state index contributed by atoms with van der Waals surface area (Å²) in [5, 5.41) is 0. The van der Waals surface area contributed by atoms with Crippen LogP contribution in [0.5, 0.6) is 0 Å². The minimum absolute atomic E-state index is 0.202. The highest BCUT2D eigenvalue weighted by atomic mass is 79.9. The van der Waals surface area contributed by atoms with Crippen molar-refractivity contribution in [3.63, 3.8) is 0 Å². The highest BCUT2D eigenvalue weighted by Gasteiger charge is 2.18. The van der Waals surface area contributed by atoms with Crippen LogP contribution in [-0.4, -0.2) is 13.4 Å². The van der Waals surface area contributed by atoms with Crippen LogP contribution in [0.15, 0.2) is 44.3 Å². The van der Waals surface area contributed by atoms with Crippen LogP contribution in [0, 0.1) is 13.8 Å². The van der Waals surface area contributed by atoms with E-state index in [0.29, 0.717) is 4.47 Å². The molecule has 0 atom stereocenters. The Bertz CT molecular complexity index is 759. The van der Waals surface area contributed by atoms with E-state index in [1.807, 2.05) is 26.0 Å². The normalized spacial score (nSPS) is 11.6. The largest absolute Gasteiger partial charge is 0.261 e. The van der Waals surface area contributed by atoms with Crippen LogP contribution in [0.3, 0.4) is 0 Å². The number of benzene rings is 1. The van der Waals surface area contributed by atoms with Gasteiger partial charge in [-0.05, 0) is 59.1 Å². The predicted molar refractivity (Wildman–Crippen MR) is 89.6 cm³/mol. The SMILES string of the molecule is Cc1ccc(CNS(=O)(=O)c2cc(Br)c(C)cc2Br)cn1. The summed E-state index contributed by atoms with van der Waals surface area (Å²) in [6.07, 6.45) is 1.66. The van der Waals surface area contributed by atoms with Crippen LogP contribution in [0.4, 0.5) is 0 Å². The van der Waals surface area contributed by atoms with Crippen molar-refractivity contribution in [1.29, 1.82) is 0 Å². The lowest BCUT2D eigenvalue weighted by molar-refractivity contribution is 0.580. The molecule has 1 aromatic carbocycles. The van der Waals surface area contributed by atoms with Crippen molar-refractivity contribution in [1.82, 2.24) is 9.71 Å². The van der Waals surface area contributed by atoms with Crippen LogP contribution in [-0.2, 0) is 16.6 Å². The van der Waals surface area contributed by atoms with Gasteiger partial charge in [0.15, 0.2) is 0 Å². The Morgan fingerprint density at radius 1 is 1.14 bits per heavy atom. The fourth-order valence-corrected chi connectivity index (χ4v) is 4.39. The second kappa shape index (κ2) is 6.56. The summed E-state index contributed by atoms with van der Waals surface area (Å²) in [6.45, 7) is 3.99. The van der Waals surface area contributed by atoms with E-state index in [9.17, 15) is 8.42 Å². The first-order chi connectivity index (χ1) is 9.79. The number of hydrogen-bond acceptors (Lipinski definition) is 3. The third-order valence-electron chi connectivity index (χ3n) is 2.94. The van der Waals surface area contributed by atoms with E-state index in [4.69, 9.17) is 0 Å². The molecule has 0 fully saturated rings. The van der Waals surface area contributed by atoms with Crippen LogP contribution >= 0.6 is 31.9 Å². The molecule has 0 saturated carbocycles. The zero-order valence-corrected chi connectivity index (χ0v) is 15.5. The van der Waals surface area contributed by atoms with Crippen molar-refractivity contribution in [3.05, 3.63) is 56.2 Å². The number of rotatable bonds is 4. The van der Waals surface area contributed by atoms with Crippen molar-refractivity contribution in [3.8, 4) is 0 Å². The molecule has 0 amide bonds. The molecule has 0 aliphatic heterocycles. The van der Waals surface area contributed by atoms with Crippen molar-refractivity contribution < 1.29 is 8.42 Å². The third kappa shape index (κ3) is 4.12. The van der Waals surface area contributed by atoms with Gasteiger partial charge in [-0.15, -0.1) is 0 Å². The summed E-state index contributed by atoms with van der Waals surface area (Å²) in [4.78, 5) is 4.35. The van der Waals surface area contributed by atoms with Gasteiger partial charge < -0.3 is 0 Å². The Hall–Kier alpha value is -0.760. The molecule has 112 valence electrons. The van der Waals surface area contributed by atoms with Crippen LogP contribution < -0.4 is 4.72 Å². The molecule has 1 aromatic heterocycles. The molecule has 0 radical (unpaired) electrons. The zero-order chi connectivity index (χ0) is 15.6. The lowest BCUT2D eigenvalue weighted by Gasteiger charge is -2.10. The lowest BCUT2D eigenvalue weighted by atomic mass is 10.2. The van der Waals surface area contributed by atoms with Gasteiger partial charge in [0.1, 0.15) is 0 Å². The number of hydrogen-bond donors (Lipinski definition) is 1. The Balaban J connectivity index is 2.22.